The Bertz CT molecular complexity index is 1740. The van der Waals surface area contributed by atoms with Gasteiger partial charge in [-0.2, -0.15) is 8.78 Å². The molecule has 1 heterocycles. The van der Waals surface area contributed by atoms with E-state index in [4.69, 9.17) is 9.79 Å². The van der Waals surface area contributed by atoms with Crippen LogP contribution in [0.3, 0.4) is 0 Å². The zero-order valence-corrected chi connectivity index (χ0v) is 25.2. The van der Waals surface area contributed by atoms with Crippen LogP contribution in [-0.4, -0.2) is 40.5 Å². The fourth-order valence-electron chi connectivity index (χ4n) is 3.86. The number of halogens is 3. The highest BCUT2D eigenvalue weighted by atomic mass is 79.9. The minimum atomic E-state index is -5.76. The highest BCUT2D eigenvalue weighted by Gasteiger charge is 2.51. The van der Waals surface area contributed by atoms with Crippen molar-refractivity contribution in [3.05, 3.63) is 98.8 Å². The molecule has 0 spiro atoms. The first-order valence-electron chi connectivity index (χ1n) is 11.6. The van der Waals surface area contributed by atoms with Gasteiger partial charge in [-0.05, 0) is 41.5 Å². The Morgan fingerprint density at radius 1 is 1.02 bits per heavy atom. The molecule has 0 aliphatic rings. The highest BCUT2D eigenvalue weighted by Crippen LogP contribution is 2.60. The molecular weight excluding hydrogens is 665 g/mol. The van der Waals surface area contributed by atoms with E-state index >= 15 is 0 Å². The van der Waals surface area contributed by atoms with Gasteiger partial charge in [0.1, 0.15) is 0 Å². The summed E-state index contributed by atoms with van der Waals surface area (Å²) in [6.07, 6.45) is 1.11. The molecule has 3 N–H and O–H groups in total. The van der Waals surface area contributed by atoms with Gasteiger partial charge >= 0.3 is 19.2 Å². The maximum atomic E-state index is 14.3. The van der Waals surface area contributed by atoms with E-state index in [9.17, 15) is 31.7 Å². The van der Waals surface area contributed by atoms with Crippen LogP contribution in [0.4, 0.5) is 13.9 Å². The van der Waals surface area contributed by atoms with E-state index in [0.29, 0.717) is 22.0 Å². The number of anilines is 1. The lowest BCUT2D eigenvalue weighted by Gasteiger charge is -2.24. The predicted molar refractivity (Wildman–Crippen MR) is 154 cm³/mol. The summed E-state index contributed by atoms with van der Waals surface area (Å²) in [4.78, 5) is 36.2. The van der Waals surface area contributed by atoms with Crippen LogP contribution in [0, 0.1) is 0 Å². The van der Waals surface area contributed by atoms with Crippen LogP contribution >= 0.6 is 34.9 Å². The molecule has 0 amide bonds. The molecule has 0 saturated heterocycles. The number of carboxylic acid groups (broad SMARTS) is 1. The average Bonchev–Trinajstić information content (AvgIpc) is 3.38. The number of alkyl halides is 2. The summed E-state index contributed by atoms with van der Waals surface area (Å²) in [5.41, 5.74) is -2.59. The molecular formula is C26H22BrF2N2O7PS2. The number of carbonyl (C=O) groups is 1. The van der Waals surface area contributed by atoms with Gasteiger partial charge in [0.25, 0.3) is 0 Å². The summed E-state index contributed by atoms with van der Waals surface area (Å²) in [5.74, 6) is -1.07. The van der Waals surface area contributed by atoms with Gasteiger partial charge in [0, 0.05) is 40.3 Å². The minimum absolute atomic E-state index is 0.111. The molecule has 4 rings (SSSR count). The Morgan fingerprint density at radius 3 is 2.15 bits per heavy atom. The lowest BCUT2D eigenvalue weighted by atomic mass is 10.1. The summed E-state index contributed by atoms with van der Waals surface area (Å²) in [5, 5.41) is 11.5. The molecule has 216 valence electrons. The number of aromatic carboxylic acids is 1. The average molecular weight is 687 g/mol. The van der Waals surface area contributed by atoms with Gasteiger partial charge in [-0.25, -0.2) is 18.2 Å². The van der Waals surface area contributed by atoms with Crippen molar-refractivity contribution in [3.63, 3.8) is 0 Å². The van der Waals surface area contributed by atoms with E-state index in [1.165, 1.54) is 47.7 Å². The standard InChI is InChI=1S/C26H22BrF2N2O7PS2/c1-41(37,38)20-9-7-18(8-10-20)23-15-40-25(30-23)31(13-16-2-5-19(6-3-16)24(32)33)14-17-4-11-21(22(27)12-17)26(28,29)39(34,35)36/h2-12,15H,13-14H2,1H3,(H,32,33)(H2,34,35,36). The van der Waals surface area contributed by atoms with Gasteiger partial charge < -0.3 is 19.8 Å². The van der Waals surface area contributed by atoms with Crippen molar-refractivity contribution in [1.29, 1.82) is 0 Å². The van der Waals surface area contributed by atoms with E-state index in [1.807, 2.05) is 4.90 Å². The zero-order chi connectivity index (χ0) is 30.2. The Hall–Kier alpha value is -3.00. The Labute approximate surface area is 246 Å². The van der Waals surface area contributed by atoms with E-state index < -0.39 is 34.6 Å². The van der Waals surface area contributed by atoms with E-state index in [-0.39, 0.29) is 28.0 Å². The van der Waals surface area contributed by atoms with Crippen molar-refractivity contribution in [2.24, 2.45) is 0 Å². The van der Waals surface area contributed by atoms with Gasteiger partial charge in [-0.15, -0.1) is 11.3 Å². The zero-order valence-electron chi connectivity index (χ0n) is 21.1. The van der Waals surface area contributed by atoms with Crippen LogP contribution in [0.2, 0.25) is 0 Å². The van der Waals surface area contributed by atoms with Crippen LogP contribution in [0.1, 0.15) is 27.0 Å². The molecule has 0 radical (unpaired) electrons. The van der Waals surface area contributed by atoms with Crippen LogP contribution < -0.4 is 4.90 Å². The highest BCUT2D eigenvalue weighted by molar-refractivity contribution is 9.10. The van der Waals surface area contributed by atoms with Crippen LogP contribution in [0.25, 0.3) is 11.3 Å². The second-order valence-electron chi connectivity index (χ2n) is 9.07. The number of benzene rings is 3. The van der Waals surface area contributed by atoms with Crippen molar-refractivity contribution in [1.82, 2.24) is 4.98 Å². The number of carboxylic acids is 1. The molecule has 3 aromatic carbocycles. The topological polar surface area (TPSA) is 145 Å². The molecule has 4 aromatic rings. The van der Waals surface area contributed by atoms with E-state index in [1.54, 1.807) is 29.6 Å². The van der Waals surface area contributed by atoms with E-state index in [2.05, 4.69) is 20.9 Å². The first-order chi connectivity index (χ1) is 19.1. The third-order valence-electron chi connectivity index (χ3n) is 6.01. The lowest BCUT2D eigenvalue weighted by Crippen LogP contribution is -2.22. The number of aromatic nitrogens is 1. The second-order valence-corrected chi connectivity index (χ2v) is 14.4. The van der Waals surface area contributed by atoms with Crippen LogP contribution in [0.5, 0.6) is 0 Å². The molecule has 0 saturated carbocycles. The second kappa shape index (κ2) is 11.7. The van der Waals surface area contributed by atoms with Gasteiger partial charge in [0.2, 0.25) is 0 Å². The third-order valence-corrected chi connectivity index (χ3v) is 9.67. The lowest BCUT2D eigenvalue weighted by molar-refractivity contribution is 0.0557. The molecule has 0 fully saturated rings. The van der Waals surface area contributed by atoms with Crippen LogP contribution in [0.15, 0.2) is 81.5 Å². The Kier molecular flexibility index (Phi) is 8.84. The largest absolute Gasteiger partial charge is 0.478 e. The number of hydrogen-bond donors (Lipinski definition) is 3. The maximum absolute atomic E-state index is 14.3. The van der Waals surface area contributed by atoms with Crippen molar-refractivity contribution in [2.45, 2.75) is 23.6 Å². The fourth-order valence-corrected chi connectivity index (χ4v) is 6.66. The predicted octanol–water partition coefficient (Wildman–Crippen LogP) is 6.11. The molecule has 15 heteroatoms. The summed E-state index contributed by atoms with van der Waals surface area (Å²) in [6, 6.07) is 16.1. The van der Waals surface area contributed by atoms with Crippen LogP contribution in [-0.2, 0) is 33.2 Å². The number of nitrogens with zero attached hydrogens (tertiary/aromatic N) is 2. The van der Waals surface area contributed by atoms with Gasteiger partial charge in [0.05, 0.1) is 16.2 Å². The van der Waals surface area contributed by atoms with Crippen molar-refractivity contribution in [2.75, 3.05) is 11.2 Å². The molecule has 0 unspecified atom stereocenters. The smallest absolute Gasteiger partial charge is 0.399 e. The summed E-state index contributed by atoms with van der Waals surface area (Å²) in [6.45, 7) is 0.416. The quantitative estimate of drug-likeness (QED) is 0.168. The monoisotopic (exact) mass is 686 g/mol. The van der Waals surface area contributed by atoms with Crippen molar-refractivity contribution >= 4 is 55.8 Å². The van der Waals surface area contributed by atoms with Crippen molar-refractivity contribution < 1.29 is 41.5 Å². The third kappa shape index (κ3) is 7.08. The summed E-state index contributed by atoms with van der Waals surface area (Å²) in [7, 11) is -9.13. The SMILES string of the molecule is CS(=O)(=O)c1ccc(-c2csc(N(Cc3ccc(C(=O)O)cc3)Cc3ccc(C(F)(F)P(=O)(O)O)c(Br)c3)n2)cc1. The fraction of sp³-hybridized carbons (Fsp3) is 0.154. The van der Waals surface area contributed by atoms with Crippen molar-refractivity contribution in [3.8, 4) is 11.3 Å². The molecule has 41 heavy (non-hydrogen) atoms. The molecule has 0 bridgehead atoms. The number of sulfone groups is 1. The van der Waals surface area contributed by atoms with Gasteiger partial charge in [0.15, 0.2) is 15.0 Å². The minimum Gasteiger partial charge on any atom is -0.478 e. The van der Waals surface area contributed by atoms with Gasteiger partial charge in [-0.3, -0.25) is 4.57 Å². The molecule has 0 aliphatic heterocycles. The first kappa shape index (κ1) is 30.9. The van der Waals surface area contributed by atoms with Gasteiger partial charge in [-0.1, -0.05) is 52.3 Å². The summed E-state index contributed by atoms with van der Waals surface area (Å²) < 4.78 is 63.4. The maximum Gasteiger partial charge on any atom is 0.399 e. The number of thiazole rings is 1. The Morgan fingerprint density at radius 2 is 1.61 bits per heavy atom. The number of hydrogen-bond acceptors (Lipinski definition) is 7. The summed E-state index contributed by atoms with van der Waals surface area (Å²) >= 11 is 4.30. The molecule has 0 atom stereocenters. The normalized spacial score (nSPS) is 12.3. The first-order valence-corrected chi connectivity index (χ1v) is 16.8. The Balaban J connectivity index is 1.67. The molecule has 1 aromatic heterocycles. The van der Waals surface area contributed by atoms with E-state index in [0.717, 1.165) is 17.9 Å². The number of rotatable bonds is 10. The molecule has 0 aliphatic carbocycles. The molecule has 9 nitrogen and oxygen atoms in total.